The van der Waals surface area contributed by atoms with Gasteiger partial charge in [0.05, 0.1) is 24.2 Å². The van der Waals surface area contributed by atoms with Crippen LogP contribution in [0.1, 0.15) is 16.8 Å². The molecule has 31 heavy (non-hydrogen) atoms. The van der Waals surface area contributed by atoms with Crippen LogP contribution in [-0.2, 0) is 17.0 Å². The summed E-state index contributed by atoms with van der Waals surface area (Å²) in [6.45, 7) is 1.30. The molecule has 2 heterocycles. The van der Waals surface area contributed by atoms with Gasteiger partial charge in [0.25, 0.3) is 11.5 Å². The van der Waals surface area contributed by atoms with Gasteiger partial charge >= 0.3 is 6.18 Å². The monoisotopic (exact) mass is 433 g/mol. The van der Waals surface area contributed by atoms with E-state index >= 15 is 0 Å². The molecule has 1 atom stereocenters. The lowest BCUT2D eigenvalue weighted by molar-refractivity contribution is -0.255. The minimum Gasteiger partial charge on any atom is -0.390 e. The van der Waals surface area contributed by atoms with E-state index in [1.807, 2.05) is 0 Å². The van der Waals surface area contributed by atoms with E-state index in [1.54, 1.807) is 19.1 Å². The van der Waals surface area contributed by atoms with Crippen LogP contribution in [0.4, 0.5) is 19.0 Å². The number of anilines is 1. The number of aliphatic hydroxyl groups excluding tert-OH is 1. The Labute approximate surface area is 174 Å². The van der Waals surface area contributed by atoms with Gasteiger partial charge in [-0.3, -0.25) is 9.78 Å². The normalized spacial score (nSPS) is 13.6. The molecule has 0 spiro atoms. The Balaban J connectivity index is 2.18. The highest BCUT2D eigenvalue weighted by atomic mass is 19.4. The molecule has 1 amide bonds. The number of carbonyl (C=O) groups is 1. The summed E-state index contributed by atoms with van der Waals surface area (Å²) < 4.78 is 40.4. The number of nitrogens with two attached hydrogens (primary N) is 2. The zero-order chi connectivity index (χ0) is 23.0. The predicted molar refractivity (Wildman–Crippen MR) is 105 cm³/mol. The molecule has 1 aromatic carbocycles. The molecular formula is C20H18F3N5O3. The van der Waals surface area contributed by atoms with Crippen molar-refractivity contribution in [1.82, 2.24) is 15.0 Å². The van der Waals surface area contributed by atoms with E-state index in [4.69, 9.17) is 11.5 Å². The number of aryl methyl sites for hydroxylation is 1. The van der Waals surface area contributed by atoms with Crippen LogP contribution in [0.3, 0.4) is 0 Å². The van der Waals surface area contributed by atoms with Crippen LogP contribution < -0.4 is 11.5 Å². The Morgan fingerprint density at radius 3 is 2.48 bits per heavy atom. The molecule has 162 valence electrons. The minimum absolute atomic E-state index is 0.0524. The van der Waals surface area contributed by atoms with Gasteiger partial charge in [-0.2, -0.15) is 13.2 Å². The number of hydrogen-bond acceptors (Lipinski definition) is 7. The molecule has 3 rings (SSSR count). The van der Waals surface area contributed by atoms with E-state index in [9.17, 15) is 28.2 Å². The maximum absolute atomic E-state index is 13.5. The average molecular weight is 433 g/mol. The maximum atomic E-state index is 13.5. The number of hydrogen-bond donors (Lipinski definition) is 4. The average Bonchev–Trinajstić information content (AvgIpc) is 2.73. The molecule has 0 saturated carbocycles. The number of benzene rings is 1. The molecule has 11 heteroatoms. The van der Waals surface area contributed by atoms with E-state index in [0.717, 1.165) is 12.1 Å². The topological polar surface area (TPSA) is 148 Å². The highest BCUT2D eigenvalue weighted by Crippen LogP contribution is 2.40. The smallest absolute Gasteiger partial charge is 0.390 e. The molecule has 3 aromatic rings. The lowest BCUT2D eigenvalue weighted by Crippen LogP contribution is -2.52. The van der Waals surface area contributed by atoms with E-state index in [0.29, 0.717) is 16.8 Å². The van der Waals surface area contributed by atoms with Crippen molar-refractivity contribution in [3.63, 3.8) is 0 Å². The van der Waals surface area contributed by atoms with Gasteiger partial charge in [-0.05, 0) is 30.7 Å². The van der Waals surface area contributed by atoms with E-state index in [2.05, 4.69) is 15.0 Å². The highest BCUT2D eigenvalue weighted by Gasteiger charge is 2.60. The maximum Gasteiger partial charge on any atom is 0.430 e. The highest BCUT2D eigenvalue weighted by molar-refractivity contribution is 5.86. The SMILES string of the molecule is Cc1ccc(C(O)(C(N)=O)C(F)(F)F)cc1-c1cnc(N)c(-c2ccnc(CO)c2)n1. The number of rotatable bonds is 5. The molecule has 0 radical (unpaired) electrons. The number of halogens is 3. The predicted octanol–water partition coefficient (Wildman–Crippen LogP) is 1.82. The lowest BCUT2D eigenvalue weighted by atomic mass is 9.89. The van der Waals surface area contributed by atoms with Crippen LogP contribution in [0, 0.1) is 6.92 Å². The second-order valence-corrected chi connectivity index (χ2v) is 6.79. The third kappa shape index (κ3) is 3.92. The molecule has 8 nitrogen and oxygen atoms in total. The first-order valence-corrected chi connectivity index (χ1v) is 8.88. The van der Waals surface area contributed by atoms with Crippen molar-refractivity contribution >= 4 is 11.7 Å². The van der Waals surface area contributed by atoms with Gasteiger partial charge in [0.2, 0.25) is 0 Å². The van der Waals surface area contributed by atoms with Gasteiger partial charge in [0, 0.05) is 22.9 Å². The van der Waals surface area contributed by atoms with Crippen LogP contribution in [-0.4, -0.2) is 37.2 Å². The van der Waals surface area contributed by atoms with Gasteiger partial charge in [0.15, 0.2) is 0 Å². The summed E-state index contributed by atoms with van der Waals surface area (Å²) in [7, 11) is 0. The molecule has 6 N–H and O–H groups in total. The number of primary amides is 1. The van der Waals surface area contributed by atoms with E-state index in [1.165, 1.54) is 18.5 Å². The number of nitrogens with zero attached hydrogens (tertiary/aromatic N) is 3. The fourth-order valence-electron chi connectivity index (χ4n) is 3.02. The van der Waals surface area contributed by atoms with Crippen LogP contribution >= 0.6 is 0 Å². The van der Waals surface area contributed by atoms with Gasteiger partial charge in [0.1, 0.15) is 11.5 Å². The summed E-state index contributed by atoms with van der Waals surface area (Å²) >= 11 is 0. The van der Waals surface area contributed by atoms with Gasteiger partial charge in [-0.15, -0.1) is 0 Å². The standard InChI is InChI=1S/C20H18F3N5O3/c1-10-2-3-12(19(31,18(25)30)20(21,22)23)7-14(10)15-8-27-17(24)16(28-15)11-4-5-26-13(6-11)9-29/h2-8,29,31H,9H2,1H3,(H2,24,27)(H2,25,30). The van der Waals surface area contributed by atoms with Crippen molar-refractivity contribution in [2.24, 2.45) is 5.73 Å². The number of nitrogen functional groups attached to an aromatic ring is 1. The van der Waals surface area contributed by atoms with Crippen molar-refractivity contribution in [2.75, 3.05) is 5.73 Å². The number of aliphatic hydroxyl groups is 2. The zero-order valence-corrected chi connectivity index (χ0v) is 16.2. The Bertz CT molecular complexity index is 1150. The molecule has 0 aliphatic heterocycles. The number of carbonyl (C=O) groups excluding carboxylic acids is 1. The Morgan fingerprint density at radius 1 is 1.16 bits per heavy atom. The molecule has 1 unspecified atom stereocenters. The first-order valence-electron chi connectivity index (χ1n) is 8.88. The number of aromatic nitrogens is 3. The van der Waals surface area contributed by atoms with Gasteiger partial charge in [-0.25, -0.2) is 9.97 Å². The number of pyridine rings is 1. The largest absolute Gasteiger partial charge is 0.430 e. The first kappa shape index (κ1) is 22.1. The summed E-state index contributed by atoms with van der Waals surface area (Å²) in [5, 5.41) is 19.4. The summed E-state index contributed by atoms with van der Waals surface area (Å²) in [5.41, 5.74) is 8.10. The minimum atomic E-state index is -5.33. The molecule has 2 aromatic heterocycles. The molecule has 0 aliphatic rings. The molecular weight excluding hydrogens is 415 g/mol. The molecule has 0 aliphatic carbocycles. The lowest BCUT2D eigenvalue weighted by Gasteiger charge is -2.28. The second kappa shape index (κ2) is 7.93. The zero-order valence-electron chi connectivity index (χ0n) is 16.2. The van der Waals surface area contributed by atoms with E-state index in [-0.39, 0.29) is 29.4 Å². The second-order valence-electron chi connectivity index (χ2n) is 6.79. The Kier molecular flexibility index (Phi) is 5.66. The van der Waals surface area contributed by atoms with Crippen molar-refractivity contribution in [1.29, 1.82) is 0 Å². The van der Waals surface area contributed by atoms with Gasteiger partial charge < -0.3 is 21.7 Å². The van der Waals surface area contributed by atoms with Crippen LogP contribution in [0.2, 0.25) is 0 Å². The van der Waals surface area contributed by atoms with Crippen molar-refractivity contribution < 1.29 is 28.2 Å². The molecule has 0 saturated heterocycles. The number of alkyl halides is 3. The van der Waals surface area contributed by atoms with Gasteiger partial charge in [-0.1, -0.05) is 12.1 Å². The Morgan fingerprint density at radius 2 is 1.87 bits per heavy atom. The molecule has 0 fully saturated rings. The summed E-state index contributed by atoms with van der Waals surface area (Å²) in [5.74, 6) is -1.90. The summed E-state index contributed by atoms with van der Waals surface area (Å²) in [4.78, 5) is 24.0. The molecule has 0 bridgehead atoms. The van der Waals surface area contributed by atoms with Crippen LogP contribution in [0.5, 0.6) is 0 Å². The fraction of sp³-hybridized carbons (Fsp3) is 0.200. The van der Waals surface area contributed by atoms with E-state index < -0.39 is 23.2 Å². The van der Waals surface area contributed by atoms with Crippen molar-refractivity contribution in [2.45, 2.75) is 25.3 Å². The fourth-order valence-corrected chi connectivity index (χ4v) is 3.02. The van der Waals surface area contributed by atoms with Crippen LogP contribution in [0.25, 0.3) is 22.5 Å². The third-order valence-corrected chi connectivity index (χ3v) is 4.75. The summed E-state index contributed by atoms with van der Waals surface area (Å²) in [6, 6.07) is 6.39. The van der Waals surface area contributed by atoms with Crippen LogP contribution in [0.15, 0.2) is 42.7 Å². The summed E-state index contributed by atoms with van der Waals surface area (Å²) in [6.07, 6.45) is -2.63. The quantitative estimate of drug-likeness (QED) is 0.480. The number of amides is 1. The Hall–Kier alpha value is -3.57. The third-order valence-electron chi connectivity index (χ3n) is 4.75. The van der Waals surface area contributed by atoms with Crippen molar-refractivity contribution in [3.05, 3.63) is 59.5 Å². The van der Waals surface area contributed by atoms with Crippen molar-refractivity contribution in [3.8, 4) is 22.5 Å². The first-order chi connectivity index (χ1) is 14.5.